The summed E-state index contributed by atoms with van der Waals surface area (Å²) in [6.07, 6.45) is 3.00. The fourth-order valence-electron chi connectivity index (χ4n) is 8.43. The van der Waals surface area contributed by atoms with Gasteiger partial charge in [-0.2, -0.15) is 0 Å². The molecule has 0 unspecified atom stereocenters. The summed E-state index contributed by atoms with van der Waals surface area (Å²) in [5.41, 5.74) is 9.87. The number of fused-ring (bicyclic) bond motifs is 3. The van der Waals surface area contributed by atoms with E-state index in [1.54, 1.807) is 0 Å². The second-order valence-corrected chi connectivity index (χ2v) is 16.7. The van der Waals surface area contributed by atoms with Crippen LogP contribution in [0.2, 0.25) is 5.02 Å². The molecule has 1 heterocycles. The molecule has 1 fully saturated rings. The quantitative estimate of drug-likeness (QED) is 0.0890. The number of carboxylic acids is 1. The van der Waals surface area contributed by atoms with Gasteiger partial charge in [0.15, 0.2) is 0 Å². The molecule has 0 spiro atoms. The van der Waals surface area contributed by atoms with Gasteiger partial charge in [0.05, 0.1) is 0 Å². The Balaban J connectivity index is 0.000000230. The van der Waals surface area contributed by atoms with E-state index < -0.39 is 23.0 Å². The number of alkyl carbamates (subject to hydrolysis) is 1. The van der Waals surface area contributed by atoms with Crippen LogP contribution in [0.3, 0.4) is 0 Å². The number of halogens is 2. The third-order valence-corrected chi connectivity index (χ3v) is 12.6. The molecule has 0 saturated carbocycles. The Hall–Kier alpha value is -6.15. The highest BCUT2D eigenvalue weighted by atomic mass is 35.5. The number of likely N-dealkylation sites (tertiary alicyclic amines) is 1. The molecule has 0 radical (unpaired) electrons. The first-order valence-corrected chi connectivity index (χ1v) is 21.8. The van der Waals surface area contributed by atoms with Crippen molar-refractivity contribution in [1.29, 1.82) is 0 Å². The Morgan fingerprint density at radius 1 is 0.726 bits per heavy atom. The lowest BCUT2D eigenvalue weighted by Gasteiger charge is -2.31. The van der Waals surface area contributed by atoms with E-state index in [9.17, 15) is 14.4 Å². The van der Waals surface area contributed by atoms with Gasteiger partial charge >= 0.3 is 12.1 Å². The van der Waals surface area contributed by atoms with E-state index in [1.165, 1.54) is 0 Å². The van der Waals surface area contributed by atoms with Gasteiger partial charge in [-0.3, -0.25) is 9.59 Å². The summed E-state index contributed by atoms with van der Waals surface area (Å²) in [6.45, 7) is 5.56. The summed E-state index contributed by atoms with van der Waals surface area (Å²) in [4.78, 5) is 38.8. The summed E-state index contributed by atoms with van der Waals surface area (Å²) in [6, 6.07) is 50.9. The molecule has 2 amide bonds. The fourth-order valence-corrected chi connectivity index (χ4v) is 9.17. The molecule has 2 aliphatic rings. The van der Waals surface area contributed by atoms with Crippen molar-refractivity contribution in [1.82, 2.24) is 10.2 Å². The number of aliphatic carboxylic acids is 1. The van der Waals surface area contributed by atoms with Crippen LogP contribution in [-0.4, -0.2) is 53.7 Å². The molecular weight excluding hydrogens is 815 g/mol. The van der Waals surface area contributed by atoms with Crippen molar-refractivity contribution in [3.8, 4) is 11.1 Å². The van der Waals surface area contributed by atoms with E-state index in [4.69, 9.17) is 33.0 Å². The Labute approximate surface area is 374 Å². The zero-order chi connectivity index (χ0) is 43.5. The minimum Gasteiger partial charge on any atom is -0.481 e. The Kier molecular flexibility index (Phi) is 14.6. The van der Waals surface area contributed by atoms with Gasteiger partial charge < -0.3 is 20.1 Å². The number of benzene rings is 6. The Morgan fingerprint density at radius 3 is 1.89 bits per heavy atom. The van der Waals surface area contributed by atoms with Gasteiger partial charge in [0, 0.05) is 42.4 Å². The van der Waals surface area contributed by atoms with Crippen molar-refractivity contribution in [2.24, 2.45) is 0 Å². The molecule has 7 nitrogen and oxygen atoms in total. The number of amides is 2. The summed E-state index contributed by atoms with van der Waals surface area (Å²) in [7, 11) is 0. The van der Waals surface area contributed by atoms with Gasteiger partial charge in [-0.05, 0) is 81.8 Å². The highest BCUT2D eigenvalue weighted by molar-refractivity contribution is 6.34. The first-order chi connectivity index (χ1) is 30.1. The second-order valence-electron chi connectivity index (χ2n) is 15.7. The Morgan fingerprint density at radius 2 is 1.29 bits per heavy atom. The van der Waals surface area contributed by atoms with E-state index >= 15 is 0 Å². The predicted octanol–water partition coefficient (Wildman–Crippen LogP) is 11.9. The van der Waals surface area contributed by atoms with Gasteiger partial charge in [-0.25, -0.2) is 4.79 Å². The van der Waals surface area contributed by atoms with Crippen LogP contribution < -0.4 is 5.32 Å². The van der Waals surface area contributed by atoms with Crippen LogP contribution >= 0.6 is 23.2 Å². The van der Waals surface area contributed by atoms with E-state index in [0.717, 1.165) is 74.9 Å². The van der Waals surface area contributed by atoms with Crippen LogP contribution in [0.5, 0.6) is 0 Å². The van der Waals surface area contributed by atoms with E-state index in [0.29, 0.717) is 31.0 Å². The number of alkyl halides is 1. The molecule has 1 atom stereocenters. The van der Waals surface area contributed by atoms with Crippen molar-refractivity contribution >= 4 is 46.7 Å². The summed E-state index contributed by atoms with van der Waals surface area (Å²) >= 11 is 13.6. The third-order valence-electron chi connectivity index (χ3n) is 11.6. The monoisotopic (exact) mass is 864 g/mol. The zero-order valence-corrected chi connectivity index (χ0v) is 36.0. The number of carbonyl (C=O) groups excluding carboxylic acids is 2. The van der Waals surface area contributed by atoms with Gasteiger partial charge in [0.1, 0.15) is 17.5 Å². The average Bonchev–Trinajstić information content (AvgIpc) is 3.64. The summed E-state index contributed by atoms with van der Waals surface area (Å²) < 4.78 is 5.77. The first-order valence-electron chi connectivity index (χ1n) is 21.1. The number of rotatable bonds is 13. The van der Waals surface area contributed by atoms with Crippen LogP contribution in [0.25, 0.3) is 16.7 Å². The number of hydrogen-bond donors (Lipinski definition) is 2. The molecule has 8 rings (SSSR count). The molecule has 9 heteroatoms. The third kappa shape index (κ3) is 10.3. The van der Waals surface area contributed by atoms with Crippen LogP contribution in [0.15, 0.2) is 164 Å². The average molecular weight is 866 g/mol. The maximum Gasteiger partial charge on any atom is 0.407 e. The van der Waals surface area contributed by atoms with Crippen LogP contribution in [0.4, 0.5) is 4.79 Å². The highest BCUT2D eigenvalue weighted by Crippen LogP contribution is 2.46. The van der Waals surface area contributed by atoms with E-state index in [-0.39, 0.29) is 24.9 Å². The smallest absolute Gasteiger partial charge is 0.407 e. The molecule has 1 aliphatic carbocycles. The molecule has 6 aromatic carbocycles. The minimum absolute atomic E-state index is 0.00245. The molecule has 0 bridgehead atoms. The minimum atomic E-state index is -0.873. The first kappa shape index (κ1) is 43.9. The van der Waals surface area contributed by atoms with Crippen LogP contribution in [0.1, 0.15) is 77.0 Å². The maximum absolute atomic E-state index is 13.6. The molecule has 316 valence electrons. The van der Waals surface area contributed by atoms with Crippen molar-refractivity contribution in [2.75, 3.05) is 19.7 Å². The lowest BCUT2D eigenvalue weighted by atomic mass is 9.84. The highest BCUT2D eigenvalue weighted by Gasteiger charge is 2.36. The van der Waals surface area contributed by atoms with Crippen molar-refractivity contribution in [2.45, 2.75) is 55.4 Å². The number of nitrogens with one attached hydrogen (secondary N) is 1. The molecule has 1 saturated heterocycles. The molecule has 6 aromatic rings. The lowest BCUT2D eigenvalue weighted by molar-refractivity contribution is -0.137. The topological polar surface area (TPSA) is 95.9 Å². The summed E-state index contributed by atoms with van der Waals surface area (Å²) in [5, 5.41) is 12.6. The van der Waals surface area contributed by atoms with Crippen LogP contribution in [-0.2, 0) is 25.6 Å². The van der Waals surface area contributed by atoms with E-state index in [1.807, 2.05) is 138 Å². The molecule has 0 aromatic heterocycles. The Bertz CT molecular complexity index is 2420. The number of allylic oxidation sites excluding steroid dienone is 1. The summed E-state index contributed by atoms with van der Waals surface area (Å²) in [5.74, 6) is -1.06. The number of hydrogen-bond acceptors (Lipinski definition) is 4. The number of ether oxygens (including phenoxy) is 1. The fraction of sp³-hybridized carbons (Fsp3) is 0.226. The van der Waals surface area contributed by atoms with Gasteiger partial charge in [-0.1, -0.05) is 170 Å². The van der Waals surface area contributed by atoms with Crippen molar-refractivity contribution in [3.63, 3.8) is 0 Å². The SMILES string of the molecule is C=C(CCC(=O)O)c1cccc(C[C@H](NC(=O)OCC2c3ccccc3-c3ccccc32)C(=O)N2CCCCC2)c1.Clc1ccccc1C(Cl)(c1ccccc1)c1ccccc1. The number of carbonyl (C=O) groups is 3. The lowest BCUT2D eigenvalue weighted by Crippen LogP contribution is -2.51. The van der Waals surface area contributed by atoms with Crippen molar-refractivity contribution < 1.29 is 24.2 Å². The molecule has 2 N–H and O–H groups in total. The zero-order valence-electron chi connectivity index (χ0n) is 34.5. The maximum atomic E-state index is 13.6. The largest absolute Gasteiger partial charge is 0.481 e. The number of nitrogens with zero attached hydrogens (tertiary/aromatic N) is 1. The standard InChI is InChI=1S/C34H36N2O5.C19H14Cl2/c1-23(16-17-32(37)38)25-11-9-10-24(20-25)21-31(33(39)36-18-7-2-8-19-36)35-34(40)41-22-30-28-14-5-3-12-26(28)27-13-4-6-15-29(27)30;20-18-14-8-7-13-17(18)19(21,15-9-3-1-4-10-15)16-11-5-2-6-12-16/h3-6,9-15,20,30-31H,1-2,7-8,16-19,21-22H2,(H,35,40)(H,37,38);1-14H/t31-;/m0./s1. The van der Waals surface area contributed by atoms with Gasteiger partial charge in [-0.15, -0.1) is 11.6 Å². The molecular formula is C53H50Cl2N2O5. The van der Waals surface area contributed by atoms with E-state index in [2.05, 4.69) is 36.2 Å². The number of carboxylic acid groups (broad SMARTS) is 1. The molecule has 62 heavy (non-hydrogen) atoms. The van der Waals surface area contributed by atoms with Crippen molar-refractivity contribution in [3.05, 3.63) is 208 Å². The van der Waals surface area contributed by atoms with Gasteiger partial charge in [0.25, 0.3) is 0 Å². The molecule has 1 aliphatic heterocycles. The normalized spacial score (nSPS) is 13.7. The van der Waals surface area contributed by atoms with Gasteiger partial charge in [0.2, 0.25) is 5.91 Å². The van der Waals surface area contributed by atoms with Crippen LogP contribution in [0, 0.1) is 0 Å². The predicted molar refractivity (Wildman–Crippen MR) is 249 cm³/mol. The number of piperidine rings is 1. The second kappa shape index (κ2) is 20.6.